The molecule has 188 valence electrons. The molecule has 1 saturated carbocycles. The second kappa shape index (κ2) is 9.63. The smallest absolute Gasteiger partial charge is 0.409 e. The first kappa shape index (κ1) is 24.6. The Morgan fingerprint density at radius 2 is 1.53 bits per heavy atom. The Bertz CT molecular complexity index is 1080. The lowest BCUT2D eigenvalue weighted by molar-refractivity contribution is 0.0561. The summed E-state index contributed by atoms with van der Waals surface area (Å²) in [5, 5.41) is 0. The van der Waals surface area contributed by atoms with Crippen LogP contribution in [-0.4, -0.2) is 81.3 Å². The van der Waals surface area contributed by atoms with E-state index in [-0.39, 0.29) is 45.4 Å². The monoisotopic (exact) mass is 503 g/mol. The van der Waals surface area contributed by atoms with Crippen molar-refractivity contribution in [2.45, 2.75) is 50.0 Å². The summed E-state index contributed by atoms with van der Waals surface area (Å²) in [7, 11) is -4.26. The molecule has 1 aromatic rings. The highest BCUT2D eigenvalue weighted by molar-refractivity contribution is 7.91. The molecule has 4 rings (SSSR count). The molecule has 1 saturated heterocycles. The van der Waals surface area contributed by atoms with Crippen molar-refractivity contribution in [2.24, 2.45) is 0 Å². The van der Waals surface area contributed by atoms with Crippen LogP contribution in [0.5, 0.6) is 0 Å². The lowest BCUT2D eigenvalue weighted by Crippen LogP contribution is -2.51. The molecular formula is C22H28F3N3O5S. The van der Waals surface area contributed by atoms with E-state index in [0.717, 1.165) is 24.2 Å². The van der Waals surface area contributed by atoms with Gasteiger partial charge in [0.25, 0.3) is 5.91 Å². The van der Waals surface area contributed by atoms with Crippen molar-refractivity contribution in [3.05, 3.63) is 23.0 Å². The van der Waals surface area contributed by atoms with Gasteiger partial charge in [0.05, 0.1) is 18.0 Å². The summed E-state index contributed by atoms with van der Waals surface area (Å²) in [5.74, 6) is -6.39. The van der Waals surface area contributed by atoms with Gasteiger partial charge >= 0.3 is 6.09 Å². The van der Waals surface area contributed by atoms with Gasteiger partial charge in [-0.05, 0) is 19.8 Å². The molecule has 0 unspecified atom stereocenters. The number of amides is 2. The maximum atomic E-state index is 15.8. The van der Waals surface area contributed by atoms with E-state index < -0.39 is 61.2 Å². The van der Waals surface area contributed by atoms with Crippen molar-refractivity contribution in [1.29, 1.82) is 0 Å². The number of carbonyl (C=O) groups is 2. The molecule has 1 aromatic carbocycles. The van der Waals surface area contributed by atoms with Gasteiger partial charge in [0.2, 0.25) is 0 Å². The quantitative estimate of drug-likeness (QED) is 0.590. The van der Waals surface area contributed by atoms with Crippen LogP contribution in [0.1, 0.15) is 49.4 Å². The summed E-state index contributed by atoms with van der Waals surface area (Å²) in [6.07, 6.45) is 3.53. The third-order valence-electron chi connectivity index (χ3n) is 6.78. The number of hydrogen-bond donors (Lipinski definition) is 0. The zero-order chi connectivity index (χ0) is 24.6. The minimum Gasteiger partial charge on any atom is -0.450 e. The van der Waals surface area contributed by atoms with Crippen LogP contribution in [0, 0.1) is 17.5 Å². The number of carbonyl (C=O) groups excluding carboxylic acids is 2. The van der Waals surface area contributed by atoms with Crippen LogP contribution in [0.4, 0.5) is 23.7 Å². The van der Waals surface area contributed by atoms with Crippen molar-refractivity contribution in [2.75, 3.05) is 50.0 Å². The van der Waals surface area contributed by atoms with Crippen molar-refractivity contribution in [3.8, 4) is 0 Å². The highest BCUT2D eigenvalue weighted by atomic mass is 32.2. The normalized spacial score (nSPS) is 20.8. The predicted octanol–water partition coefficient (Wildman–Crippen LogP) is 2.94. The summed E-state index contributed by atoms with van der Waals surface area (Å²) < 4.78 is 76.2. The molecule has 8 nitrogen and oxygen atoms in total. The molecule has 2 aliphatic heterocycles. The van der Waals surface area contributed by atoms with Gasteiger partial charge in [-0.3, -0.25) is 4.79 Å². The van der Waals surface area contributed by atoms with Gasteiger partial charge in [-0.2, -0.15) is 0 Å². The van der Waals surface area contributed by atoms with Gasteiger partial charge in [0.1, 0.15) is 10.5 Å². The van der Waals surface area contributed by atoms with E-state index in [1.807, 2.05) is 0 Å². The maximum Gasteiger partial charge on any atom is 0.409 e. The van der Waals surface area contributed by atoms with Crippen LogP contribution < -0.4 is 4.90 Å². The molecule has 34 heavy (non-hydrogen) atoms. The second-order valence-electron chi connectivity index (χ2n) is 8.78. The van der Waals surface area contributed by atoms with Crippen molar-refractivity contribution >= 4 is 27.5 Å². The van der Waals surface area contributed by atoms with Crippen LogP contribution in [0.3, 0.4) is 0 Å². The van der Waals surface area contributed by atoms with E-state index in [1.54, 1.807) is 6.92 Å². The predicted molar refractivity (Wildman–Crippen MR) is 117 cm³/mol. The third-order valence-corrected chi connectivity index (χ3v) is 8.49. The highest BCUT2D eigenvalue weighted by Gasteiger charge is 2.43. The maximum absolute atomic E-state index is 15.8. The number of piperazine rings is 1. The summed E-state index contributed by atoms with van der Waals surface area (Å²) in [4.78, 5) is 28.0. The van der Waals surface area contributed by atoms with Crippen molar-refractivity contribution < 1.29 is 35.9 Å². The van der Waals surface area contributed by atoms with E-state index >= 15 is 13.2 Å². The van der Waals surface area contributed by atoms with Gasteiger partial charge in [0.15, 0.2) is 27.3 Å². The zero-order valence-electron chi connectivity index (χ0n) is 19.0. The van der Waals surface area contributed by atoms with E-state index in [2.05, 4.69) is 0 Å². The number of anilines is 1. The zero-order valence-corrected chi connectivity index (χ0v) is 19.8. The Labute approximate surface area is 196 Å². The summed E-state index contributed by atoms with van der Waals surface area (Å²) in [6, 6.07) is -0.210. The first-order valence-corrected chi connectivity index (χ1v) is 13.2. The average Bonchev–Trinajstić information content (AvgIpc) is 2.83. The molecule has 2 fully saturated rings. The Morgan fingerprint density at radius 1 is 0.912 bits per heavy atom. The number of rotatable bonds is 3. The lowest BCUT2D eigenvalue weighted by atomic mass is 9.93. The van der Waals surface area contributed by atoms with E-state index in [1.165, 1.54) is 9.80 Å². The standard InChI is InChI=1S/C22H28F3N3O5S/c1-2-33-22(30)27-10-8-26(9-11-27)21(29)15-16(23)18(25)20-19(17(15)24)28(12-13-34(20,31)32)14-6-4-3-5-7-14/h14H,2-13H2,1H3. The molecule has 0 atom stereocenters. The van der Waals surface area contributed by atoms with Crippen LogP contribution >= 0.6 is 0 Å². The molecule has 2 heterocycles. The Kier molecular flexibility index (Phi) is 6.97. The fraction of sp³-hybridized carbons (Fsp3) is 0.636. The average molecular weight is 504 g/mol. The number of ether oxygens (including phenoxy) is 1. The number of fused-ring (bicyclic) bond motifs is 1. The lowest BCUT2D eigenvalue weighted by Gasteiger charge is -2.40. The fourth-order valence-electron chi connectivity index (χ4n) is 5.01. The van der Waals surface area contributed by atoms with Crippen LogP contribution in [0.15, 0.2) is 4.90 Å². The summed E-state index contributed by atoms with van der Waals surface area (Å²) in [5.41, 5.74) is -1.63. The van der Waals surface area contributed by atoms with Gasteiger partial charge in [-0.25, -0.2) is 26.4 Å². The third kappa shape index (κ3) is 4.32. The van der Waals surface area contributed by atoms with Crippen LogP contribution in [-0.2, 0) is 14.6 Å². The number of nitrogens with zero attached hydrogens (tertiary/aromatic N) is 3. The molecule has 0 N–H and O–H groups in total. The van der Waals surface area contributed by atoms with E-state index in [9.17, 15) is 18.0 Å². The first-order chi connectivity index (χ1) is 16.2. The number of halogens is 3. The molecule has 0 spiro atoms. The largest absolute Gasteiger partial charge is 0.450 e. The van der Waals surface area contributed by atoms with Gasteiger partial charge in [0, 0.05) is 38.8 Å². The van der Waals surface area contributed by atoms with Crippen molar-refractivity contribution in [3.63, 3.8) is 0 Å². The number of benzene rings is 1. The molecule has 2 amide bonds. The molecule has 1 aliphatic carbocycles. The fourth-order valence-corrected chi connectivity index (χ4v) is 6.52. The van der Waals surface area contributed by atoms with Crippen molar-refractivity contribution in [1.82, 2.24) is 9.80 Å². The molecule has 12 heteroatoms. The Balaban J connectivity index is 1.70. The molecule has 0 bridgehead atoms. The van der Waals surface area contributed by atoms with Crippen LogP contribution in [0.25, 0.3) is 0 Å². The minimum atomic E-state index is -4.26. The van der Waals surface area contributed by atoms with Crippen LogP contribution in [0.2, 0.25) is 0 Å². The molecule has 3 aliphatic rings. The topological polar surface area (TPSA) is 87.2 Å². The van der Waals surface area contributed by atoms with E-state index in [4.69, 9.17) is 4.74 Å². The van der Waals surface area contributed by atoms with E-state index in [0.29, 0.717) is 12.8 Å². The number of sulfone groups is 1. The molecule has 0 aromatic heterocycles. The van der Waals surface area contributed by atoms with Gasteiger partial charge in [-0.1, -0.05) is 19.3 Å². The Hall–Kier alpha value is -2.50. The highest BCUT2D eigenvalue weighted by Crippen LogP contribution is 2.42. The molecule has 0 radical (unpaired) electrons. The summed E-state index contributed by atoms with van der Waals surface area (Å²) in [6.45, 7) is 1.91. The summed E-state index contributed by atoms with van der Waals surface area (Å²) >= 11 is 0. The van der Waals surface area contributed by atoms with Gasteiger partial charge in [-0.15, -0.1) is 0 Å². The molecular weight excluding hydrogens is 475 g/mol. The Morgan fingerprint density at radius 3 is 2.15 bits per heavy atom. The first-order valence-electron chi connectivity index (χ1n) is 11.6. The minimum absolute atomic E-state index is 0.0279. The second-order valence-corrected chi connectivity index (χ2v) is 10.8. The SMILES string of the molecule is CCOC(=O)N1CCN(C(=O)c2c(F)c(F)c3c(c2F)N(C2CCCCC2)CCS3(=O)=O)CC1. The number of hydrogen-bond acceptors (Lipinski definition) is 6. The van der Waals surface area contributed by atoms with Gasteiger partial charge < -0.3 is 19.4 Å².